The SMILES string of the molecule is Cc1cc(N2CCCC2C(C)C)ncc1N. The minimum atomic E-state index is 0.635. The Hall–Kier alpha value is -1.25. The molecule has 0 amide bonds. The lowest BCUT2D eigenvalue weighted by molar-refractivity contribution is 0.489. The zero-order valence-corrected chi connectivity index (χ0v) is 10.4. The summed E-state index contributed by atoms with van der Waals surface area (Å²) in [6, 6.07) is 2.74. The van der Waals surface area contributed by atoms with Gasteiger partial charge in [0.1, 0.15) is 5.82 Å². The van der Waals surface area contributed by atoms with Gasteiger partial charge in [0.05, 0.1) is 11.9 Å². The van der Waals surface area contributed by atoms with Crippen LogP contribution in [0.25, 0.3) is 0 Å². The summed E-state index contributed by atoms with van der Waals surface area (Å²) < 4.78 is 0. The van der Waals surface area contributed by atoms with Crippen molar-refractivity contribution in [2.75, 3.05) is 17.2 Å². The van der Waals surface area contributed by atoms with E-state index in [2.05, 4.69) is 29.8 Å². The summed E-state index contributed by atoms with van der Waals surface area (Å²) in [6.07, 6.45) is 4.33. The molecule has 3 heteroatoms. The number of nitrogens with two attached hydrogens (primary N) is 1. The highest BCUT2D eigenvalue weighted by Gasteiger charge is 2.27. The molecule has 1 atom stereocenters. The van der Waals surface area contributed by atoms with Crippen LogP contribution >= 0.6 is 0 Å². The summed E-state index contributed by atoms with van der Waals surface area (Å²) >= 11 is 0. The minimum absolute atomic E-state index is 0.635. The van der Waals surface area contributed by atoms with E-state index >= 15 is 0 Å². The number of aryl methyl sites for hydroxylation is 1. The predicted molar refractivity (Wildman–Crippen MR) is 68.6 cm³/mol. The van der Waals surface area contributed by atoms with E-state index in [1.54, 1.807) is 6.20 Å². The minimum Gasteiger partial charge on any atom is -0.397 e. The van der Waals surface area contributed by atoms with Crippen molar-refractivity contribution >= 4 is 11.5 Å². The van der Waals surface area contributed by atoms with Gasteiger partial charge in [-0.05, 0) is 37.3 Å². The van der Waals surface area contributed by atoms with Gasteiger partial charge in [0.25, 0.3) is 0 Å². The Labute approximate surface area is 97.7 Å². The smallest absolute Gasteiger partial charge is 0.129 e. The van der Waals surface area contributed by atoms with E-state index in [0.29, 0.717) is 12.0 Å². The summed E-state index contributed by atoms with van der Waals surface area (Å²) in [5, 5.41) is 0. The molecule has 0 spiro atoms. The molecule has 0 bridgehead atoms. The molecule has 1 aromatic heterocycles. The van der Waals surface area contributed by atoms with Crippen LogP contribution in [0.5, 0.6) is 0 Å². The topological polar surface area (TPSA) is 42.2 Å². The average molecular weight is 219 g/mol. The highest BCUT2D eigenvalue weighted by Crippen LogP contribution is 2.29. The molecule has 88 valence electrons. The first-order valence-corrected chi connectivity index (χ1v) is 6.08. The zero-order chi connectivity index (χ0) is 11.7. The van der Waals surface area contributed by atoms with Gasteiger partial charge in [0, 0.05) is 12.6 Å². The molecule has 2 rings (SSSR count). The molecule has 0 aromatic carbocycles. The Morgan fingerprint density at radius 1 is 1.50 bits per heavy atom. The predicted octanol–water partition coefficient (Wildman–Crippen LogP) is 2.60. The highest BCUT2D eigenvalue weighted by atomic mass is 15.2. The lowest BCUT2D eigenvalue weighted by Gasteiger charge is -2.29. The molecule has 1 saturated heterocycles. The van der Waals surface area contributed by atoms with Gasteiger partial charge in [-0.15, -0.1) is 0 Å². The molecule has 1 aliphatic heterocycles. The Kier molecular flexibility index (Phi) is 3.03. The quantitative estimate of drug-likeness (QED) is 0.831. The molecule has 1 unspecified atom stereocenters. The van der Waals surface area contributed by atoms with Gasteiger partial charge < -0.3 is 10.6 Å². The van der Waals surface area contributed by atoms with Crippen molar-refractivity contribution < 1.29 is 0 Å². The van der Waals surface area contributed by atoms with Gasteiger partial charge in [0.2, 0.25) is 0 Å². The largest absolute Gasteiger partial charge is 0.397 e. The second-order valence-electron chi connectivity index (χ2n) is 5.05. The summed E-state index contributed by atoms with van der Waals surface area (Å²) in [6.45, 7) is 7.74. The van der Waals surface area contributed by atoms with E-state index in [9.17, 15) is 0 Å². The van der Waals surface area contributed by atoms with E-state index in [1.807, 2.05) is 6.92 Å². The summed E-state index contributed by atoms with van der Waals surface area (Å²) in [7, 11) is 0. The first-order valence-electron chi connectivity index (χ1n) is 6.08. The third kappa shape index (κ3) is 1.99. The van der Waals surface area contributed by atoms with Crippen molar-refractivity contribution in [3.8, 4) is 0 Å². The first kappa shape index (κ1) is 11.2. The van der Waals surface area contributed by atoms with Crippen molar-refractivity contribution in [1.82, 2.24) is 4.98 Å². The number of pyridine rings is 1. The maximum absolute atomic E-state index is 5.80. The second-order valence-corrected chi connectivity index (χ2v) is 5.05. The Bertz CT molecular complexity index is 373. The van der Waals surface area contributed by atoms with E-state index in [0.717, 1.165) is 23.6 Å². The lowest BCUT2D eigenvalue weighted by Crippen LogP contribution is -2.33. The molecule has 16 heavy (non-hydrogen) atoms. The molecule has 1 fully saturated rings. The summed E-state index contributed by atoms with van der Waals surface area (Å²) in [5.74, 6) is 1.77. The first-order chi connectivity index (χ1) is 7.59. The van der Waals surface area contributed by atoms with Gasteiger partial charge in [0.15, 0.2) is 0 Å². The fourth-order valence-corrected chi connectivity index (χ4v) is 2.48. The van der Waals surface area contributed by atoms with E-state index in [-0.39, 0.29) is 0 Å². The van der Waals surface area contributed by atoms with Crippen molar-refractivity contribution in [1.29, 1.82) is 0 Å². The molecule has 2 heterocycles. The van der Waals surface area contributed by atoms with Crippen LogP contribution in [0.1, 0.15) is 32.3 Å². The van der Waals surface area contributed by atoms with Crippen LogP contribution in [0.3, 0.4) is 0 Å². The maximum atomic E-state index is 5.80. The van der Waals surface area contributed by atoms with Gasteiger partial charge in [-0.2, -0.15) is 0 Å². The fraction of sp³-hybridized carbons (Fsp3) is 0.615. The monoisotopic (exact) mass is 219 g/mol. The number of nitrogen functional groups attached to an aromatic ring is 1. The van der Waals surface area contributed by atoms with Crippen molar-refractivity contribution in [2.45, 2.75) is 39.7 Å². The number of hydrogen-bond donors (Lipinski definition) is 1. The third-order valence-corrected chi connectivity index (χ3v) is 3.50. The number of anilines is 2. The van der Waals surface area contributed by atoms with Gasteiger partial charge in [-0.3, -0.25) is 0 Å². The lowest BCUT2D eigenvalue weighted by atomic mass is 10.0. The molecule has 0 radical (unpaired) electrons. The third-order valence-electron chi connectivity index (χ3n) is 3.50. The van der Waals surface area contributed by atoms with Gasteiger partial charge in [-0.25, -0.2) is 4.98 Å². The summed E-state index contributed by atoms with van der Waals surface area (Å²) in [4.78, 5) is 6.88. The van der Waals surface area contributed by atoms with E-state index < -0.39 is 0 Å². The number of nitrogens with zero attached hydrogens (tertiary/aromatic N) is 2. The molecule has 1 aliphatic rings. The summed E-state index contributed by atoms with van der Waals surface area (Å²) in [5.41, 5.74) is 7.71. The zero-order valence-electron chi connectivity index (χ0n) is 10.4. The van der Waals surface area contributed by atoms with E-state index in [1.165, 1.54) is 12.8 Å². The van der Waals surface area contributed by atoms with Crippen LogP contribution in [0.4, 0.5) is 11.5 Å². The molecule has 0 aliphatic carbocycles. The number of hydrogen-bond acceptors (Lipinski definition) is 3. The van der Waals surface area contributed by atoms with Crippen LogP contribution in [0.15, 0.2) is 12.3 Å². The molecular formula is C13H21N3. The fourth-order valence-electron chi connectivity index (χ4n) is 2.48. The van der Waals surface area contributed by atoms with Crippen LogP contribution in [0.2, 0.25) is 0 Å². The van der Waals surface area contributed by atoms with Gasteiger partial charge >= 0.3 is 0 Å². The van der Waals surface area contributed by atoms with Crippen LogP contribution in [0, 0.1) is 12.8 Å². The number of aromatic nitrogens is 1. The van der Waals surface area contributed by atoms with Crippen LogP contribution < -0.4 is 10.6 Å². The molecular weight excluding hydrogens is 198 g/mol. The molecule has 1 aromatic rings. The van der Waals surface area contributed by atoms with Crippen molar-refractivity contribution in [2.24, 2.45) is 5.92 Å². The van der Waals surface area contributed by atoms with Crippen LogP contribution in [-0.2, 0) is 0 Å². The molecule has 3 nitrogen and oxygen atoms in total. The number of rotatable bonds is 2. The molecule has 0 saturated carbocycles. The van der Waals surface area contributed by atoms with E-state index in [4.69, 9.17) is 5.73 Å². The molecule has 2 N–H and O–H groups in total. The standard InChI is InChI=1S/C13H21N3/c1-9(2)12-5-4-6-16(12)13-7-10(3)11(14)8-15-13/h7-9,12H,4-6,14H2,1-3H3. The van der Waals surface area contributed by atoms with Gasteiger partial charge in [-0.1, -0.05) is 13.8 Å². The normalized spacial score (nSPS) is 20.8. The second kappa shape index (κ2) is 4.32. The van der Waals surface area contributed by atoms with Crippen molar-refractivity contribution in [3.05, 3.63) is 17.8 Å². The highest BCUT2D eigenvalue weighted by molar-refractivity contribution is 5.53. The Morgan fingerprint density at radius 3 is 2.88 bits per heavy atom. The maximum Gasteiger partial charge on any atom is 0.129 e. The van der Waals surface area contributed by atoms with Crippen molar-refractivity contribution in [3.63, 3.8) is 0 Å². The Balaban J connectivity index is 2.26. The Morgan fingerprint density at radius 2 is 2.25 bits per heavy atom. The van der Waals surface area contributed by atoms with Crippen LogP contribution in [-0.4, -0.2) is 17.6 Å². The average Bonchev–Trinajstić information content (AvgIpc) is 2.71.